The summed E-state index contributed by atoms with van der Waals surface area (Å²) in [4.78, 5) is 25.0. The first-order valence-electron chi connectivity index (χ1n) is 12.5. The molecule has 0 saturated heterocycles. The van der Waals surface area contributed by atoms with E-state index in [0.717, 1.165) is 16.7 Å². The zero-order valence-corrected chi connectivity index (χ0v) is 24.2. The van der Waals surface area contributed by atoms with Gasteiger partial charge in [-0.2, -0.15) is 10.4 Å². The van der Waals surface area contributed by atoms with E-state index < -0.39 is 11.9 Å². The number of hydrogen-bond acceptors (Lipinski definition) is 5. The molecule has 0 aliphatic heterocycles. The molecule has 8 nitrogen and oxygen atoms in total. The smallest absolute Gasteiger partial charge is 0.356 e. The number of carboxylic acid groups (broad SMARTS) is 1. The molecule has 4 rings (SSSR count). The number of methoxy groups -OCH3 is 1. The molecule has 10 heteroatoms. The number of carbonyl (C=O) groups is 1. The lowest BCUT2D eigenvalue weighted by Crippen LogP contribution is -2.19. The van der Waals surface area contributed by atoms with Gasteiger partial charge in [0.2, 0.25) is 0 Å². The monoisotopic (exact) mass is 578 g/mol. The number of halogens is 2. The summed E-state index contributed by atoms with van der Waals surface area (Å²) in [6, 6.07) is 14.1. The van der Waals surface area contributed by atoms with E-state index in [2.05, 4.69) is 11.2 Å². The first kappa shape index (κ1) is 28.9. The molecule has 1 N–H and O–H groups in total. The molecule has 4 aromatic rings. The number of nitrogens with zero attached hydrogens (tertiary/aromatic N) is 4. The van der Waals surface area contributed by atoms with Crippen molar-refractivity contribution in [2.24, 2.45) is 7.05 Å². The molecule has 0 spiro atoms. The summed E-state index contributed by atoms with van der Waals surface area (Å²) in [6.07, 6.45) is 2.03. The molecular weight excluding hydrogens is 551 g/mol. The maximum atomic E-state index is 12.8. The van der Waals surface area contributed by atoms with Gasteiger partial charge in [-0.25, -0.2) is 9.48 Å². The number of carboxylic acids is 1. The van der Waals surface area contributed by atoms with Crippen LogP contribution in [0.15, 0.2) is 53.5 Å². The lowest BCUT2D eigenvalue weighted by atomic mass is 9.81. The number of pyridine rings is 1. The van der Waals surface area contributed by atoms with Gasteiger partial charge in [0.1, 0.15) is 16.5 Å². The van der Waals surface area contributed by atoms with Crippen molar-refractivity contribution in [1.82, 2.24) is 14.3 Å². The van der Waals surface area contributed by atoms with E-state index in [1.807, 2.05) is 32.9 Å². The van der Waals surface area contributed by atoms with Gasteiger partial charge in [-0.1, -0.05) is 43.1 Å². The molecule has 0 aliphatic rings. The van der Waals surface area contributed by atoms with Crippen molar-refractivity contribution in [3.05, 3.63) is 108 Å². The zero-order valence-electron chi connectivity index (χ0n) is 22.7. The molecule has 0 amide bonds. The number of ether oxygens (including phenoxy) is 1. The highest BCUT2D eigenvalue weighted by atomic mass is 35.5. The molecule has 1 atom stereocenters. The largest absolute Gasteiger partial charge is 0.494 e. The Kier molecular flexibility index (Phi) is 8.38. The van der Waals surface area contributed by atoms with Gasteiger partial charge >= 0.3 is 5.97 Å². The van der Waals surface area contributed by atoms with Crippen LogP contribution in [0.4, 0.5) is 0 Å². The summed E-state index contributed by atoms with van der Waals surface area (Å²) in [6.45, 7) is 5.83. The van der Waals surface area contributed by atoms with Crippen molar-refractivity contribution in [3.63, 3.8) is 0 Å². The van der Waals surface area contributed by atoms with Crippen molar-refractivity contribution in [3.8, 4) is 17.5 Å². The Hall–Kier alpha value is -4.06. The Morgan fingerprint density at radius 3 is 2.48 bits per heavy atom. The van der Waals surface area contributed by atoms with Crippen LogP contribution in [0, 0.1) is 18.3 Å². The third kappa shape index (κ3) is 5.48. The summed E-state index contributed by atoms with van der Waals surface area (Å²) >= 11 is 12.5. The molecule has 2 heterocycles. The Labute approximate surface area is 242 Å². The molecule has 0 fully saturated rings. The van der Waals surface area contributed by atoms with Crippen LogP contribution in [-0.4, -0.2) is 32.5 Å². The van der Waals surface area contributed by atoms with Gasteiger partial charge in [0.15, 0.2) is 5.69 Å². The van der Waals surface area contributed by atoms with Crippen LogP contribution in [-0.2, 0) is 13.5 Å². The van der Waals surface area contributed by atoms with E-state index in [4.69, 9.17) is 27.9 Å². The minimum Gasteiger partial charge on any atom is -0.494 e. The van der Waals surface area contributed by atoms with E-state index in [1.54, 1.807) is 48.3 Å². The van der Waals surface area contributed by atoms with Crippen molar-refractivity contribution in [2.45, 2.75) is 39.0 Å². The number of benzene rings is 2. The quantitative estimate of drug-likeness (QED) is 0.264. The van der Waals surface area contributed by atoms with Gasteiger partial charge in [0, 0.05) is 29.7 Å². The standard InChI is InChI=1S/C30H28Cl2N4O4/c1-16(2)28-26(27(30(38)39)34-36(28)24-13-18(14-33)6-9-25(24)40-5)22(21-8-7-20(31)10-17(21)3)11-19-12-23(32)29(37)35(4)15-19/h6-10,12-13,15-16,22H,11H2,1-5H3,(H,38,39). The molecule has 2 aromatic carbocycles. The van der Waals surface area contributed by atoms with E-state index in [9.17, 15) is 20.0 Å². The average Bonchev–Trinajstić information content (AvgIpc) is 3.31. The van der Waals surface area contributed by atoms with Gasteiger partial charge < -0.3 is 14.4 Å². The zero-order chi connectivity index (χ0) is 29.3. The Morgan fingerprint density at radius 2 is 1.90 bits per heavy atom. The predicted octanol–water partition coefficient (Wildman–Crippen LogP) is 6.26. The van der Waals surface area contributed by atoms with Crippen molar-refractivity contribution in [2.75, 3.05) is 7.11 Å². The number of hydrogen-bond donors (Lipinski definition) is 1. The molecule has 0 bridgehead atoms. The fourth-order valence-corrected chi connectivity index (χ4v) is 5.59. The second-order valence-electron chi connectivity index (χ2n) is 9.89. The molecule has 0 saturated carbocycles. The molecule has 0 radical (unpaired) electrons. The van der Waals surface area contributed by atoms with Crippen LogP contribution in [0.25, 0.3) is 5.69 Å². The summed E-state index contributed by atoms with van der Waals surface area (Å²) in [5, 5.41) is 25.2. The van der Waals surface area contributed by atoms with Gasteiger partial charge in [0.05, 0.1) is 24.4 Å². The second-order valence-corrected chi connectivity index (χ2v) is 10.7. The SMILES string of the molecule is COc1ccc(C#N)cc1-n1nc(C(=O)O)c(C(Cc2cc(Cl)c(=O)n(C)c2)c2ccc(Cl)cc2C)c1C(C)C. The number of rotatable bonds is 8. The summed E-state index contributed by atoms with van der Waals surface area (Å²) in [5.41, 5.74) is 4.03. The van der Waals surface area contributed by atoms with Crippen molar-refractivity contribution in [1.29, 1.82) is 5.26 Å². The molecule has 0 aliphatic carbocycles. The Bertz CT molecular complexity index is 1690. The average molecular weight is 579 g/mol. The molecule has 2 aromatic heterocycles. The van der Waals surface area contributed by atoms with Gasteiger partial charge in [-0.3, -0.25) is 4.79 Å². The van der Waals surface area contributed by atoms with Gasteiger partial charge in [-0.15, -0.1) is 0 Å². The van der Waals surface area contributed by atoms with Gasteiger partial charge in [0.25, 0.3) is 5.56 Å². The molecule has 40 heavy (non-hydrogen) atoms. The summed E-state index contributed by atoms with van der Waals surface area (Å²) in [7, 11) is 3.13. The fourth-order valence-electron chi connectivity index (χ4n) is 5.09. The van der Waals surface area contributed by atoms with Crippen molar-refractivity contribution < 1.29 is 14.6 Å². The van der Waals surface area contributed by atoms with Crippen LogP contribution in [0.2, 0.25) is 10.0 Å². The number of aryl methyl sites for hydroxylation is 2. The second kappa shape index (κ2) is 11.6. The van der Waals surface area contributed by atoms with Crippen LogP contribution in [0.1, 0.15) is 69.7 Å². The number of aromatic nitrogens is 3. The van der Waals surface area contributed by atoms with Crippen LogP contribution >= 0.6 is 23.2 Å². The van der Waals surface area contributed by atoms with Gasteiger partial charge in [-0.05, 0) is 72.4 Å². The molecular formula is C30H28Cl2N4O4. The van der Waals surface area contributed by atoms with Crippen LogP contribution in [0.5, 0.6) is 5.75 Å². The van der Waals surface area contributed by atoms with Crippen LogP contribution in [0.3, 0.4) is 0 Å². The molecule has 1 unspecified atom stereocenters. The highest BCUT2D eigenvalue weighted by Gasteiger charge is 2.33. The predicted molar refractivity (Wildman–Crippen MR) is 154 cm³/mol. The van der Waals surface area contributed by atoms with E-state index in [1.165, 1.54) is 11.7 Å². The van der Waals surface area contributed by atoms with E-state index >= 15 is 0 Å². The first-order chi connectivity index (χ1) is 19.0. The minimum absolute atomic E-state index is 0.0721. The maximum absolute atomic E-state index is 12.8. The maximum Gasteiger partial charge on any atom is 0.356 e. The third-order valence-corrected chi connectivity index (χ3v) is 7.34. The third-order valence-electron chi connectivity index (χ3n) is 6.84. The highest BCUT2D eigenvalue weighted by molar-refractivity contribution is 6.30. The summed E-state index contributed by atoms with van der Waals surface area (Å²) < 4.78 is 8.55. The first-order valence-corrected chi connectivity index (χ1v) is 13.3. The normalized spacial score (nSPS) is 11.9. The lowest BCUT2D eigenvalue weighted by Gasteiger charge is -2.24. The van der Waals surface area contributed by atoms with E-state index in [-0.39, 0.29) is 22.2 Å². The minimum atomic E-state index is -1.19. The van der Waals surface area contributed by atoms with E-state index in [0.29, 0.717) is 39.7 Å². The Morgan fingerprint density at radius 1 is 1.18 bits per heavy atom. The fraction of sp³-hybridized carbons (Fsp3) is 0.267. The number of aromatic carboxylic acids is 1. The molecule has 206 valence electrons. The number of nitriles is 1. The lowest BCUT2D eigenvalue weighted by molar-refractivity contribution is 0.0688. The topological polar surface area (TPSA) is 110 Å². The highest BCUT2D eigenvalue weighted by Crippen LogP contribution is 2.40. The summed E-state index contributed by atoms with van der Waals surface area (Å²) in [5.74, 6) is -1.42. The van der Waals surface area contributed by atoms with Crippen molar-refractivity contribution >= 4 is 29.2 Å². The Balaban J connectivity index is 2.09. The van der Waals surface area contributed by atoms with Crippen LogP contribution < -0.4 is 10.3 Å².